The van der Waals surface area contributed by atoms with E-state index in [1.54, 1.807) is 0 Å². The predicted octanol–water partition coefficient (Wildman–Crippen LogP) is 2.05. The van der Waals surface area contributed by atoms with Crippen molar-refractivity contribution < 1.29 is 9.13 Å². The van der Waals surface area contributed by atoms with Crippen molar-refractivity contribution in [3.8, 4) is 17.6 Å². The Kier molecular flexibility index (Phi) is 3.57. The quantitative estimate of drug-likeness (QED) is 0.793. The van der Waals surface area contributed by atoms with Crippen LogP contribution in [0, 0.1) is 5.82 Å². The zero-order valence-corrected chi connectivity index (χ0v) is 11.0. The van der Waals surface area contributed by atoms with E-state index in [0.717, 1.165) is 5.69 Å². The van der Waals surface area contributed by atoms with Crippen LogP contribution in [-0.4, -0.2) is 19.7 Å². The molecule has 0 aliphatic rings. The standard InChI is InChI=1S/C14H12FN5O/c15-12-10(8-16)6-7-17-13(12)21-14-18-9-20(19-14)11-4-2-1-3-5-11/h1-7,9H,8,16H2. The Balaban J connectivity index is 1.85. The Morgan fingerprint density at radius 3 is 2.71 bits per heavy atom. The summed E-state index contributed by atoms with van der Waals surface area (Å²) in [5.41, 5.74) is 6.58. The minimum atomic E-state index is -0.601. The molecule has 6 nitrogen and oxygen atoms in total. The first-order chi connectivity index (χ1) is 10.3. The van der Waals surface area contributed by atoms with Gasteiger partial charge in [0.2, 0.25) is 0 Å². The summed E-state index contributed by atoms with van der Waals surface area (Å²) in [4.78, 5) is 7.80. The van der Waals surface area contributed by atoms with Gasteiger partial charge in [-0.3, -0.25) is 0 Å². The number of ether oxygens (including phenoxy) is 1. The molecule has 2 heterocycles. The van der Waals surface area contributed by atoms with Gasteiger partial charge in [-0.1, -0.05) is 18.2 Å². The van der Waals surface area contributed by atoms with E-state index in [1.165, 1.54) is 23.3 Å². The van der Waals surface area contributed by atoms with Crippen molar-refractivity contribution in [3.05, 3.63) is 60.3 Å². The lowest BCUT2D eigenvalue weighted by molar-refractivity contribution is 0.391. The van der Waals surface area contributed by atoms with Crippen molar-refractivity contribution >= 4 is 0 Å². The molecule has 2 aromatic heterocycles. The molecular formula is C14H12FN5O. The van der Waals surface area contributed by atoms with Crippen molar-refractivity contribution in [1.29, 1.82) is 0 Å². The van der Waals surface area contributed by atoms with Crippen LogP contribution in [0.5, 0.6) is 11.9 Å². The van der Waals surface area contributed by atoms with Crippen LogP contribution in [0.2, 0.25) is 0 Å². The molecule has 0 unspecified atom stereocenters. The molecule has 0 saturated heterocycles. The smallest absolute Gasteiger partial charge is 0.342 e. The van der Waals surface area contributed by atoms with Crippen molar-refractivity contribution in [2.75, 3.05) is 0 Å². The van der Waals surface area contributed by atoms with Crippen LogP contribution < -0.4 is 10.5 Å². The Morgan fingerprint density at radius 2 is 1.95 bits per heavy atom. The van der Waals surface area contributed by atoms with E-state index < -0.39 is 5.82 Å². The SMILES string of the molecule is NCc1ccnc(Oc2ncn(-c3ccccc3)n2)c1F. The maximum atomic E-state index is 14.0. The van der Waals surface area contributed by atoms with Gasteiger partial charge in [0.05, 0.1) is 5.69 Å². The van der Waals surface area contributed by atoms with E-state index in [1.807, 2.05) is 30.3 Å². The van der Waals surface area contributed by atoms with Gasteiger partial charge in [-0.2, -0.15) is 4.98 Å². The second-order valence-corrected chi connectivity index (χ2v) is 4.20. The van der Waals surface area contributed by atoms with E-state index in [4.69, 9.17) is 10.5 Å². The first-order valence-electron chi connectivity index (χ1n) is 6.26. The van der Waals surface area contributed by atoms with E-state index in [9.17, 15) is 4.39 Å². The van der Waals surface area contributed by atoms with Gasteiger partial charge in [-0.15, -0.1) is 5.10 Å². The molecule has 0 spiro atoms. The topological polar surface area (TPSA) is 78.9 Å². The molecule has 1 aromatic carbocycles. The van der Waals surface area contributed by atoms with Crippen LogP contribution in [0.4, 0.5) is 4.39 Å². The van der Waals surface area contributed by atoms with Crippen molar-refractivity contribution in [2.24, 2.45) is 5.73 Å². The fourth-order valence-corrected chi connectivity index (χ4v) is 1.78. The molecule has 21 heavy (non-hydrogen) atoms. The number of nitrogens with two attached hydrogens (primary N) is 1. The first-order valence-corrected chi connectivity index (χ1v) is 6.26. The number of pyridine rings is 1. The van der Waals surface area contributed by atoms with Gasteiger partial charge in [-0.25, -0.2) is 14.1 Å². The third-order valence-corrected chi connectivity index (χ3v) is 2.84. The summed E-state index contributed by atoms with van der Waals surface area (Å²) in [6, 6.07) is 10.9. The molecule has 106 valence electrons. The van der Waals surface area contributed by atoms with Gasteiger partial charge in [0.15, 0.2) is 5.82 Å². The Hall–Kier alpha value is -2.80. The minimum Gasteiger partial charge on any atom is -0.401 e. The summed E-state index contributed by atoms with van der Waals surface area (Å²) in [6.45, 7) is 0.0661. The zero-order valence-electron chi connectivity index (χ0n) is 11.0. The summed E-state index contributed by atoms with van der Waals surface area (Å²) in [5.74, 6) is -0.792. The van der Waals surface area contributed by atoms with Gasteiger partial charge in [-0.05, 0) is 18.2 Å². The summed E-state index contributed by atoms with van der Waals surface area (Å²) >= 11 is 0. The van der Waals surface area contributed by atoms with E-state index in [2.05, 4.69) is 15.1 Å². The molecular weight excluding hydrogens is 273 g/mol. The first kappa shape index (κ1) is 13.2. The van der Waals surface area contributed by atoms with Crippen LogP contribution in [-0.2, 0) is 6.54 Å². The molecule has 0 fully saturated rings. The van der Waals surface area contributed by atoms with Crippen LogP contribution in [0.25, 0.3) is 5.69 Å². The number of nitrogens with zero attached hydrogens (tertiary/aromatic N) is 4. The lowest BCUT2D eigenvalue weighted by Gasteiger charge is -2.04. The average Bonchev–Trinajstić information content (AvgIpc) is 2.99. The maximum Gasteiger partial charge on any atom is 0.342 e. The normalized spacial score (nSPS) is 10.6. The molecule has 3 rings (SSSR count). The monoisotopic (exact) mass is 285 g/mol. The van der Waals surface area contributed by atoms with Gasteiger partial charge in [0.25, 0.3) is 5.88 Å². The van der Waals surface area contributed by atoms with Gasteiger partial charge >= 0.3 is 6.01 Å². The largest absolute Gasteiger partial charge is 0.401 e. The fourth-order valence-electron chi connectivity index (χ4n) is 1.78. The third-order valence-electron chi connectivity index (χ3n) is 2.84. The molecule has 0 aliphatic heterocycles. The molecule has 0 amide bonds. The number of rotatable bonds is 4. The second kappa shape index (κ2) is 5.68. The van der Waals surface area contributed by atoms with Crippen LogP contribution in [0.1, 0.15) is 5.56 Å². The van der Waals surface area contributed by atoms with Crippen LogP contribution in [0.3, 0.4) is 0 Å². The predicted molar refractivity (Wildman–Crippen MR) is 73.5 cm³/mol. The van der Waals surface area contributed by atoms with Gasteiger partial charge in [0, 0.05) is 18.3 Å². The van der Waals surface area contributed by atoms with Crippen molar-refractivity contribution in [2.45, 2.75) is 6.54 Å². The molecule has 0 aliphatic carbocycles. The number of halogens is 1. The number of benzene rings is 1. The van der Waals surface area contributed by atoms with E-state index >= 15 is 0 Å². The molecule has 0 atom stereocenters. The Bertz CT molecular complexity index is 744. The minimum absolute atomic E-state index is 0.0134. The summed E-state index contributed by atoms with van der Waals surface area (Å²) in [6.07, 6.45) is 2.91. The molecule has 7 heteroatoms. The second-order valence-electron chi connectivity index (χ2n) is 4.20. The zero-order chi connectivity index (χ0) is 14.7. The highest BCUT2D eigenvalue weighted by Crippen LogP contribution is 2.21. The lowest BCUT2D eigenvalue weighted by atomic mass is 10.2. The highest BCUT2D eigenvalue weighted by Gasteiger charge is 2.13. The number of para-hydroxylation sites is 1. The highest BCUT2D eigenvalue weighted by atomic mass is 19.1. The summed E-state index contributed by atoms with van der Waals surface area (Å²) in [5, 5.41) is 4.12. The van der Waals surface area contributed by atoms with E-state index in [-0.39, 0.29) is 18.4 Å². The number of aromatic nitrogens is 4. The van der Waals surface area contributed by atoms with Gasteiger partial charge in [0.1, 0.15) is 6.33 Å². The van der Waals surface area contributed by atoms with Crippen molar-refractivity contribution in [3.63, 3.8) is 0 Å². The highest BCUT2D eigenvalue weighted by molar-refractivity contribution is 5.30. The van der Waals surface area contributed by atoms with Gasteiger partial charge < -0.3 is 10.5 Å². The summed E-state index contributed by atoms with van der Waals surface area (Å²) < 4.78 is 20.8. The number of hydrogen-bond donors (Lipinski definition) is 1. The molecule has 3 aromatic rings. The molecule has 0 bridgehead atoms. The maximum absolute atomic E-state index is 14.0. The molecule has 0 saturated carbocycles. The summed E-state index contributed by atoms with van der Waals surface area (Å²) in [7, 11) is 0. The third kappa shape index (κ3) is 2.72. The molecule has 2 N–H and O–H groups in total. The van der Waals surface area contributed by atoms with Crippen LogP contribution >= 0.6 is 0 Å². The van der Waals surface area contributed by atoms with Crippen LogP contribution in [0.15, 0.2) is 48.9 Å². The number of hydrogen-bond acceptors (Lipinski definition) is 5. The van der Waals surface area contributed by atoms with Crippen molar-refractivity contribution in [1.82, 2.24) is 19.7 Å². The molecule has 0 radical (unpaired) electrons. The lowest BCUT2D eigenvalue weighted by Crippen LogP contribution is -2.03. The Morgan fingerprint density at radius 1 is 1.14 bits per heavy atom. The fraction of sp³-hybridized carbons (Fsp3) is 0.0714. The average molecular weight is 285 g/mol. The Labute approximate surface area is 120 Å². The van der Waals surface area contributed by atoms with E-state index in [0.29, 0.717) is 5.56 Å².